The molecule has 0 unspecified atom stereocenters. The van der Waals surface area contributed by atoms with Crippen LogP contribution in [0.3, 0.4) is 0 Å². The van der Waals surface area contributed by atoms with Gasteiger partial charge in [0.05, 0.1) is 6.54 Å². The second-order valence-electron chi connectivity index (χ2n) is 3.69. The Kier molecular flexibility index (Phi) is 4.24. The number of para-hydroxylation sites is 1. The van der Waals surface area contributed by atoms with Gasteiger partial charge in [-0.05, 0) is 12.1 Å². The number of anilines is 1. The van der Waals surface area contributed by atoms with E-state index in [1.54, 1.807) is 24.3 Å². The Morgan fingerprint density at radius 1 is 1.32 bits per heavy atom. The lowest BCUT2D eigenvalue weighted by atomic mass is 10.3. The van der Waals surface area contributed by atoms with E-state index in [2.05, 4.69) is 15.2 Å². The number of carbonyl (C=O) groups excluding carboxylic acids is 1. The lowest BCUT2D eigenvalue weighted by molar-refractivity contribution is -0.117. The SMILES string of the molecule is O=C(C(Cl)Cl)N(Cc1n[nH]c(=O)[nH]1)c1ccccc1. The molecule has 0 aliphatic heterocycles. The molecule has 1 aromatic heterocycles. The predicted octanol–water partition coefficient (Wildman–Crippen LogP) is 1.43. The van der Waals surface area contributed by atoms with Crippen molar-refractivity contribution in [2.24, 2.45) is 0 Å². The molecule has 0 bridgehead atoms. The molecule has 0 fully saturated rings. The fraction of sp³-hybridized carbons (Fsp3) is 0.182. The molecule has 19 heavy (non-hydrogen) atoms. The average molecular weight is 301 g/mol. The Labute approximate surface area is 118 Å². The number of aromatic nitrogens is 3. The van der Waals surface area contributed by atoms with Crippen molar-refractivity contribution >= 4 is 34.8 Å². The highest BCUT2D eigenvalue weighted by Gasteiger charge is 2.23. The van der Waals surface area contributed by atoms with Gasteiger partial charge in [0, 0.05) is 5.69 Å². The smallest absolute Gasteiger partial charge is 0.302 e. The molecule has 8 heteroatoms. The molecular weight excluding hydrogens is 291 g/mol. The number of H-pyrrole nitrogens is 2. The number of rotatable bonds is 4. The van der Waals surface area contributed by atoms with Crippen LogP contribution in [0.25, 0.3) is 0 Å². The van der Waals surface area contributed by atoms with E-state index in [0.717, 1.165) is 0 Å². The number of carbonyl (C=O) groups is 1. The van der Waals surface area contributed by atoms with Gasteiger partial charge < -0.3 is 4.90 Å². The van der Waals surface area contributed by atoms with Crippen LogP contribution in [0.5, 0.6) is 0 Å². The van der Waals surface area contributed by atoms with Gasteiger partial charge in [-0.1, -0.05) is 41.4 Å². The van der Waals surface area contributed by atoms with Crippen molar-refractivity contribution in [2.45, 2.75) is 11.4 Å². The number of amides is 1. The highest BCUT2D eigenvalue weighted by Crippen LogP contribution is 2.19. The molecule has 0 spiro atoms. The molecule has 1 aromatic carbocycles. The third-order valence-electron chi connectivity index (χ3n) is 2.38. The van der Waals surface area contributed by atoms with E-state index >= 15 is 0 Å². The minimum atomic E-state index is -1.19. The van der Waals surface area contributed by atoms with Gasteiger partial charge in [0.1, 0.15) is 0 Å². The largest absolute Gasteiger partial charge is 0.340 e. The van der Waals surface area contributed by atoms with E-state index in [-0.39, 0.29) is 6.54 Å². The Morgan fingerprint density at radius 2 is 2.00 bits per heavy atom. The summed E-state index contributed by atoms with van der Waals surface area (Å²) < 4.78 is 0. The molecule has 1 heterocycles. The van der Waals surface area contributed by atoms with E-state index in [9.17, 15) is 9.59 Å². The van der Waals surface area contributed by atoms with Crippen molar-refractivity contribution in [2.75, 3.05) is 4.90 Å². The van der Waals surface area contributed by atoms with Crippen LogP contribution in [0.2, 0.25) is 0 Å². The molecule has 0 aliphatic carbocycles. The molecule has 2 N–H and O–H groups in total. The first-order valence-electron chi connectivity index (χ1n) is 5.36. The zero-order valence-electron chi connectivity index (χ0n) is 9.64. The summed E-state index contributed by atoms with van der Waals surface area (Å²) in [5.41, 5.74) is 0.173. The van der Waals surface area contributed by atoms with Crippen molar-refractivity contribution in [1.29, 1.82) is 0 Å². The van der Waals surface area contributed by atoms with E-state index in [1.165, 1.54) is 4.90 Å². The average Bonchev–Trinajstić information content (AvgIpc) is 2.81. The second kappa shape index (κ2) is 5.90. The molecule has 0 atom stereocenters. The summed E-state index contributed by atoms with van der Waals surface area (Å²) >= 11 is 11.2. The van der Waals surface area contributed by atoms with Crippen LogP contribution in [0.4, 0.5) is 5.69 Å². The fourth-order valence-electron chi connectivity index (χ4n) is 1.55. The maximum Gasteiger partial charge on any atom is 0.340 e. The Hall–Kier alpha value is -1.79. The zero-order chi connectivity index (χ0) is 13.8. The molecular formula is C11H10Cl2N4O2. The van der Waals surface area contributed by atoms with Gasteiger partial charge in [-0.3, -0.25) is 9.78 Å². The molecule has 0 aliphatic rings. The van der Waals surface area contributed by atoms with E-state index in [1.807, 2.05) is 6.07 Å². The second-order valence-corrected chi connectivity index (χ2v) is 4.78. The summed E-state index contributed by atoms with van der Waals surface area (Å²) in [7, 11) is 0. The van der Waals surface area contributed by atoms with Gasteiger partial charge in [0.15, 0.2) is 10.7 Å². The quantitative estimate of drug-likeness (QED) is 0.838. The first-order chi connectivity index (χ1) is 9.08. The first kappa shape index (κ1) is 13.6. The van der Waals surface area contributed by atoms with Gasteiger partial charge in [-0.25, -0.2) is 9.89 Å². The van der Waals surface area contributed by atoms with Gasteiger partial charge in [0.25, 0.3) is 5.91 Å². The van der Waals surface area contributed by atoms with Gasteiger partial charge >= 0.3 is 5.69 Å². The number of halogens is 2. The summed E-state index contributed by atoms with van der Waals surface area (Å²) in [6.45, 7) is 0.0670. The molecule has 1 amide bonds. The Morgan fingerprint density at radius 3 is 2.53 bits per heavy atom. The van der Waals surface area contributed by atoms with Gasteiger partial charge in [0.2, 0.25) is 0 Å². The maximum atomic E-state index is 12.0. The van der Waals surface area contributed by atoms with Crippen molar-refractivity contribution in [3.8, 4) is 0 Å². The van der Waals surface area contributed by atoms with E-state index in [4.69, 9.17) is 23.2 Å². The maximum absolute atomic E-state index is 12.0. The number of benzene rings is 1. The zero-order valence-corrected chi connectivity index (χ0v) is 11.1. The van der Waals surface area contributed by atoms with E-state index in [0.29, 0.717) is 11.5 Å². The van der Waals surface area contributed by atoms with Crippen LogP contribution in [0.1, 0.15) is 5.82 Å². The minimum absolute atomic E-state index is 0.0670. The topological polar surface area (TPSA) is 81.8 Å². The molecule has 100 valence electrons. The first-order valence-corrected chi connectivity index (χ1v) is 6.23. The molecule has 0 saturated carbocycles. The summed E-state index contributed by atoms with van der Waals surface area (Å²) in [6, 6.07) is 8.85. The number of alkyl halides is 2. The normalized spacial score (nSPS) is 10.7. The van der Waals surface area contributed by atoms with Crippen LogP contribution in [0, 0.1) is 0 Å². The summed E-state index contributed by atoms with van der Waals surface area (Å²) in [5, 5.41) is 5.98. The number of hydrogen-bond donors (Lipinski definition) is 2. The Balaban J connectivity index is 2.29. The predicted molar refractivity (Wildman–Crippen MR) is 72.3 cm³/mol. The van der Waals surface area contributed by atoms with E-state index < -0.39 is 16.4 Å². The number of aromatic amines is 2. The molecule has 0 saturated heterocycles. The van der Waals surface area contributed by atoms with Gasteiger partial charge in [-0.15, -0.1) is 0 Å². The lowest BCUT2D eigenvalue weighted by Gasteiger charge is -2.22. The highest BCUT2D eigenvalue weighted by molar-refractivity contribution is 6.54. The molecule has 6 nitrogen and oxygen atoms in total. The van der Waals surface area contributed by atoms with Crippen LogP contribution in [0.15, 0.2) is 35.1 Å². The van der Waals surface area contributed by atoms with Crippen molar-refractivity contribution in [1.82, 2.24) is 15.2 Å². The summed E-state index contributed by atoms with van der Waals surface area (Å²) in [6.07, 6.45) is 0. The molecule has 2 rings (SSSR count). The van der Waals surface area contributed by atoms with Gasteiger partial charge in [-0.2, -0.15) is 5.10 Å². The van der Waals surface area contributed by atoms with Crippen LogP contribution < -0.4 is 10.6 Å². The fourth-order valence-corrected chi connectivity index (χ4v) is 1.79. The standard InChI is InChI=1S/C11H10Cl2N4O2/c12-9(13)10(18)17(7-4-2-1-3-5-7)6-8-14-11(19)16-15-8/h1-5,9H,6H2,(H2,14,15,16,19). The third kappa shape index (κ3) is 3.36. The van der Waals surface area contributed by atoms with Crippen molar-refractivity contribution in [3.63, 3.8) is 0 Å². The number of nitrogens with one attached hydrogen (secondary N) is 2. The molecule has 2 aromatic rings. The van der Waals surface area contributed by atoms with Crippen LogP contribution in [-0.2, 0) is 11.3 Å². The number of hydrogen-bond acceptors (Lipinski definition) is 3. The lowest BCUT2D eigenvalue weighted by Crippen LogP contribution is -2.34. The van der Waals surface area contributed by atoms with Crippen molar-refractivity contribution in [3.05, 3.63) is 46.6 Å². The van der Waals surface area contributed by atoms with Crippen molar-refractivity contribution < 1.29 is 4.79 Å². The van der Waals surface area contributed by atoms with Crippen LogP contribution in [-0.4, -0.2) is 25.9 Å². The molecule has 0 radical (unpaired) electrons. The minimum Gasteiger partial charge on any atom is -0.302 e. The monoisotopic (exact) mass is 300 g/mol. The summed E-state index contributed by atoms with van der Waals surface area (Å²) in [4.78, 5) is 25.6. The van der Waals surface area contributed by atoms with Crippen LogP contribution >= 0.6 is 23.2 Å². The number of nitrogens with zero attached hydrogens (tertiary/aromatic N) is 2. The third-order valence-corrected chi connectivity index (χ3v) is 2.75. The Bertz CT molecular complexity index is 608. The highest BCUT2D eigenvalue weighted by atomic mass is 35.5. The summed E-state index contributed by atoms with van der Waals surface area (Å²) in [5.74, 6) is -0.172.